The van der Waals surface area contributed by atoms with Gasteiger partial charge in [0.05, 0.1) is 11.9 Å². The Balaban J connectivity index is 2.26. The number of carboxylic acids is 1. The summed E-state index contributed by atoms with van der Waals surface area (Å²) in [4.78, 5) is 50.4. The number of hydrogen-bond donors (Lipinski definition) is 1. The van der Waals surface area contributed by atoms with E-state index in [1.807, 2.05) is 6.92 Å². The van der Waals surface area contributed by atoms with Gasteiger partial charge in [0.25, 0.3) is 0 Å². The minimum Gasteiger partial charge on any atom is -0.480 e. The van der Waals surface area contributed by atoms with E-state index in [-0.39, 0.29) is 18.6 Å². The van der Waals surface area contributed by atoms with E-state index in [1.165, 1.54) is 11.8 Å². The molecular weight excluding hydrogens is 366 g/mol. The molecule has 9 nitrogen and oxygen atoms in total. The summed E-state index contributed by atoms with van der Waals surface area (Å²) in [7, 11) is 0. The zero-order valence-electron chi connectivity index (χ0n) is 16.9. The molecular formula is C19H31N3O6. The molecule has 28 heavy (non-hydrogen) atoms. The third-order valence-corrected chi connectivity index (χ3v) is 5.92. The lowest BCUT2D eigenvalue weighted by Crippen LogP contribution is -2.55. The summed E-state index contributed by atoms with van der Waals surface area (Å²) in [5.74, 6) is -1.93. The molecule has 2 rings (SSSR count). The van der Waals surface area contributed by atoms with Gasteiger partial charge in [-0.25, -0.2) is 14.6 Å². The second-order valence-corrected chi connectivity index (χ2v) is 7.64. The van der Waals surface area contributed by atoms with Crippen molar-refractivity contribution in [1.82, 2.24) is 9.91 Å². The summed E-state index contributed by atoms with van der Waals surface area (Å²) in [6, 6.07) is -3.04. The number of aliphatic carboxylic acids is 1. The molecule has 2 aliphatic rings. The highest BCUT2D eigenvalue weighted by atomic mass is 16.5. The number of esters is 1. The lowest BCUT2D eigenvalue weighted by Gasteiger charge is -2.37. The highest BCUT2D eigenvalue weighted by molar-refractivity contribution is 5.88. The van der Waals surface area contributed by atoms with E-state index in [1.54, 1.807) is 6.92 Å². The second-order valence-electron chi connectivity index (χ2n) is 7.64. The van der Waals surface area contributed by atoms with Crippen LogP contribution in [0, 0.1) is 10.8 Å². The number of likely N-dealkylation sites (tertiary alicyclic amines) is 1. The molecule has 0 aromatic rings. The molecule has 0 aromatic carbocycles. The van der Waals surface area contributed by atoms with E-state index in [4.69, 9.17) is 4.74 Å². The third kappa shape index (κ3) is 4.44. The summed E-state index contributed by atoms with van der Waals surface area (Å²) < 4.78 is 5.04. The number of rotatable bonds is 9. The Morgan fingerprint density at radius 2 is 1.93 bits per heavy atom. The highest BCUT2D eigenvalue weighted by Crippen LogP contribution is 2.40. The van der Waals surface area contributed by atoms with Crippen LogP contribution in [-0.4, -0.2) is 63.6 Å². The molecule has 1 aliphatic carbocycles. The number of nitrogens with zero attached hydrogens (tertiary/aromatic N) is 3. The molecule has 1 saturated heterocycles. The number of carboxylic acid groups (broad SMARTS) is 1. The molecule has 0 aromatic heterocycles. The van der Waals surface area contributed by atoms with Crippen LogP contribution < -0.4 is 0 Å². The van der Waals surface area contributed by atoms with Gasteiger partial charge in [-0.2, -0.15) is 0 Å². The van der Waals surface area contributed by atoms with Gasteiger partial charge in [0, 0.05) is 6.04 Å². The number of ether oxygens (including phenoxy) is 1. The Kier molecular flexibility index (Phi) is 7.77. The lowest BCUT2D eigenvalue weighted by molar-refractivity contribution is -0.157. The predicted molar refractivity (Wildman–Crippen MR) is 101 cm³/mol. The average molecular weight is 397 g/mol. The quantitative estimate of drug-likeness (QED) is 0.360. The highest BCUT2D eigenvalue weighted by Gasteiger charge is 2.49. The molecule has 9 heteroatoms. The summed E-state index contributed by atoms with van der Waals surface area (Å²) in [5, 5.41) is 13.5. The Hall–Kier alpha value is -2.19. The predicted octanol–water partition coefficient (Wildman–Crippen LogP) is 2.33. The van der Waals surface area contributed by atoms with Crippen LogP contribution in [0.25, 0.3) is 0 Å². The van der Waals surface area contributed by atoms with Gasteiger partial charge in [-0.3, -0.25) is 4.79 Å². The first-order valence-corrected chi connectivity index (χ1v) is 10.2. The van der Waals surface area contributed by atoms with E-state index >= 15 is 0 Å². The molecule has 158 valence electrons. The summed E-state index contributed by atoms with van der Waals surface area (Å²) >= 11 is 0. The van der Waals surface area contributed by atoms with Gasteiger partial charge < -0.3 is 14.7 Å². The molecule has 0 spiro atoms. The fourth-order valence-corrected chi connectivity index (χ4v) is 4.59. The van der Waals surface area contributed by atoms with Crippen molar-refractivity contribution in [2.45, 2.75) is 89.9 Å². The van der Waals surface area contributed by atoms with Crippen LogP contribution in [0.15, 0.2) is 5.29 Å². The zero-order valence-corrected chi connectivity index (χ0v) is 16.9. The zero-order chi connectivity index (χ0) is 20.8. The van der Waals surface area contributed by atoms with Crippen LogP contribution in [0.5, 0.6) is 0 Å². The topological polar surface area (TPSA) is 117 Å². The standard InChI is InChI=1S/C19H31N3O6/c1-4-8-15(19(26)28-5-2)22(20-27)12(3)17(23)21-14-10-7-6-9-13(14)11-16(21)18(24)25/h12-16H,4-11H2,1-3H3,(H,24,25)/t12-,13-,14+,15-,16+/m0/s1. The normalized spacial score (nSPS) is 26.1. The molecule has 5 atom stereocenters. The number of carbonyl (C=O) groups is 3. The number of fused-ring (bicyclic) bond motifs is 1. The van der Waals surface area contributed by atoms with Gasteiger partial charge in [-0.1, -0.05) is 26.2 Å². The molecule has 0 bridgehead atoms. The van der Waals surface area contributed by atoms with E-state index in [0.29, 0.717) is 19.3 Å². The van der Waals surface area contributed by atoms with Gasteiger partial charge >= 0.3 is 11.9 Å². The van der Waals surface area contributed by atoms with Crippen LogP contribution >= 0.6 is 0 Å². The number of carbonyl (C=O) groups excluding carboxylic acids is 2. The van der Waals surface area contributed by atoms with Crippen molar-refractivity contribution >= 4 is 17.8 Å². The summed E-state index contributed by atoms with van der Waals surface area (Å²) in [6.07, 6.45) is 5.00. The van der Waals surface area contributed by atoms with E-state index in [2.05, 4.69) is 5.29 Å². The first kappa shape index (κ1) is 22.1. The van der Waals surface area contributed by atoms with Crippen molar-refractivity contribution in [1.29, 1.82) is 0 Å². The maximum Gasteiger partial charge on any atom is 0.330 e. The Bertz CT molecular complexity index is 598. The Morgan fingerprint density at radius 3 is 2.50 bits per heavy atom. The largest absolute Gasteiger partial charge is 0.480 e. The Labute approximate surface area is 165 Å². The van der Waals surface area contributed by atoms with Crippen LogP contribution in [0.1, 0.15) is 65.7 Å². The number of nitroso groups, excluding NO2 is 1. The van der Waals surface area contributed by atoms with Crippen molar-refractivity contribution in [2.75, 3.05) is 6.61 Å². The Morgan fingerprint density at radius 1 is 1.25 bits per heavy atom. The van der Waals surface area contributed by atoms with Gasteiger partial charge in [0.15, 0.2) is 0 Å². The molecule has 1 N–H and O–H groups in total. The molecule has 0 radical (unpaired) electrons. The molecule has 2 fully saturated rings. The maximum absolute atomic E-state index is 13.3. The van der Waals surface area contributed by atoms with Crippen LogP contribution in [0.4, 0.5) is 0 Å². The van der Waals surface area contributed by atoms with E-state index < -0.39 is 36.0 Å². The van der Waals surface area contributed by atoms with Crippen LogP contribution in [0.3, 0.4) is 0 Å². The smallest absolute Gasteiger partial charge is 0.330 e. The minimum absolute atomic E-state index is 0.134. The summed E-state index contributed by atoms with van der Waals surface area (Å²) in [6.45, 7) is 5.18. The molecule has 1 saturated carbocycles. The van der Waals surface area contributed by atoms with Crippen LogP contribution in [0.2, 0.25) is 0 Å². The summed E-state index contributed by atoms with van der Waals surface area (Å²) in [5.41, 5.74) is 0. The monoisotopic (exact) mass is 397 g/mol. The van der Waals surface area contributed by atoms with Crippen molar-refractivity contribution in [2.24, 2.45) is 11.2 Å². The van der Waals surface area contributed by atoms with E-state index in [9.17, 15) is 24.4 Å². The first-order valence-electron chi connectivity index (χ1n) is 10.2. The van der Waals surface area contributed by atoms with Crippen molar-refractivity contribution in [3.8, 4) is 0 Å². The first-order chi connectivity index (χ1) is 13.4. The van der Waals surface area contributed by atoms with Crippen molar-refractivity contribution in [3.63, 3.8) is 0 Å². The number of amides is 1. The van der Waals surface area contributed by atoms with Gasteiger partial charge in [-0.05, 0) is 45.4 Å². The van der Waals surface area contributed by atoms with Crippen molar-refractivity contribution in [3.05, 3.63) is 4.91 Å². The lowest BCUT2D eigenvalue weighted by atomic mass is 9.84. The van der Waals surface area contributed by atoms with Crippen LogP contribution in [-0.2, 0) is 19.1 Å². The van der Waals surface area contributed by atoms with Gasteiger partial charge in [-0.15, -0.1) is 4.91 Å². The fraction of sp³-hybridized carbons (Fsp3) is 0.842. The molecule has 1 amide bonds. The maximum atomic E-state index is 13.3. The van der Waals surface area contributed by atoms with Gasteiger partial charge in [0.2, 0.25) is 5.91 Å². The molecule has 1 aliphatic heterocycles. The van der Waals surface area contributed by atoms with Gasteiger partial charge in [0.1, 0.15) is 18.1 Å². The SMILES string of the molecule is CCC[C@@H](C(=O)OCC)N(N=O)[C@@H](C)C(=O)N1[C@@H](C(=O)O)C[C@@H]2CCCC[C@H]21. The number of hydrogen-bond acceptors (Lipinski definition) is 6. The fourth-order valence-electron chi connectivity index (χ4n) is 4.59. The minimum atomic E-state index is -1.04. The van der Waals surface area contributed by atoms with Crippen molar-refractivity contribution < 1.29 is 24.2 Å². The molecule has 1 heterocycles. The second kappa shape index (κ2) is 9.84. The van der Waals surface area contributed by atoms with E-state index in [0.717, 1.165) is 30.7 Å². The average Bonchev–Trinajstić information content (AvgIpc) is 3.07. The third-order valence-electron chi connectivity index (χ3n) is 5.92. The molecule has 0 unspecified atom stereocenters.